The van der Waals surface area contributed by atoms with Crippen LogP contribution in [0.2, 0.25) is 0 Å². The Morgan fingerprint density at radius 2 is 0.556 bits per heavy atom. The van der Waals surface area contributed by atoms with Gasteiger partial charge < -0.3 is 18.9 Å². The van der Waals surface area contributed by atoms with E-state index in [1.54, 1.807) is 32.1 Å². The fourth-order valence-electron chi connectivity index (χ4n) is 12.5. The molecule has 6 saturated carbocycles. The molecule has 0 aromatic rings. The van der Waals surface area contributed by atoms with E-state index in [9.17, 15) is 0 Å². The molecule has 2 aliphatic heterocycles. The van der Waals surface area contributed by atoms with Crippen LogP contribution in [0.5, 0.6) is 0 Å². The van der Waals surface area contributed by atoms with Crippen LogP contribution < -0.4 is 0 Å². The van der Waals surface area contributed by atoms with E-state index in [2.05, 4.69) is 116 Å². The maximum absolute atomic E-state index is 5.70. The molecule has 0 unspecified atom stereocenters. The third-order valence-corrected chi connectivity index (χ3v) is 17.5. The fourth-order valence-corrected chi connectivity index (χ4v) is 12.5. The average Bonchev–Trinajstić information content (AvgIpc) is 3.27. The lowest BCUT2D eigenvalue weighted by Crippen LogP contribution is -2.32. The van der Waals surface area contributed by atoms with Gasteiger partial charge in [-0.2, -0.15) is 0 Å². The Bertz CT molecular complexity index is 903. The van der Waals surface area contributed by atoms with Crippen molar-refractivity contribution in [3.05, 3.63) is 0 Å². The van der Waals surface area contributed by atoms with Crippen LogP contribution in [0.3, 0.4) is 0 Å². The summed E-state index contributed by atoms with van der Waals surface area (Å²) in [6.07, 6.45) is 39.8. The Balaban J connectivity index is 0.000000179. The quantitative estimate of drug-likeness (QED) is 0.188. The van der Waals surface area contributed by atoms with Crippen molar-refractivity contribution in [2.45, 2.75) is 241 Å². The highest BCUT2D eigenvalue weighted by Gasteiger charge is 2.30. The van der Waals surface area contributed by atoms with Crippen LogP contribution in [0.4, 0.5) is 0 Å². The number of ether oxygens (including phenoxy) is 4. The van der Waals surface area contributed by atoms with E-state index in [4.69, 9.17) is 18.9 Å². The molecule has 0 atom stereocenters. The highest BCUT2D eigenvalue weighted by molar-refractivity contribution is 14.4. The van der Waals surface area contributed by atoms with Gasteiger partial charge in [-0.05, 0) is 116 Å². The van der Waals surface area contributed by atoms with E-state index in [-0.39, 0.29) is 12.6 Å². The second kappa shape index (κ2) is 32.9. The maximum Gasteiger partial charge on any atom is 0.355 e. The summed E-state index contributed by atoms with van der Waals surface area (Å²) in [5, 5.41) is 0. The number of rotatable bonds is 7. The molecule has 0 N–H and O–H groups in total. The van der Waals surface area contributed by atoms with Gasteiger partial charge in [0.15, 0.2) is 12.6 Å². The molecule has 8 fully saturated rings. The van der Waals surface area contributed by atoms with E-state index < -0.39 is 0 Å². The minimum absolute atomic E-state index is 0.0210. The van der Waals surface area contributed by atoms with Gasteiger partial charge in [0.1, 0.15) is 0 Å². The number of hydrogen-bond donors (Lipinski definition) is 0. The summed E-state index contributed by atoms with van der Waals surface area (Å²) in [7, 11) is 0. The molecular formula is C55H102BI3O4. The summed E-state index contributed by atoms with van der Waals surface area (Å²) in [6.45, 7) is 22.2. The van der Waals surface area contributed by atoms with Gasteiger partial charge in [-0.3, -0.25) is 0 Å². The van der Waals surface area contributed by atoms with Crippen LogP contribution in [0.15, 0.2) is 0 Å². The molecule has 63 heavy (non-hydrogen) atoms. The second-order valence-electron chi connectivity index (χ2n) is 23.8. The largest absolute Gasteiger partial charge is 0.355 e. The van der Waals surface area contributed by atoms with Crippen LogP contribution >= 0.6 is 67.1 Å². The van der Waals surface area contributed by atoms with Crippen molar-refractivity contribution < 1.29 is 18.9 Å². The minimum Gasteiger partial charge on any atom is -0.353 e. The average molecular weight is 1220 g/mol. The molecule has 8 aliphatic rings. The van der Waals surface area contributed by atoms with Crippen LogP contribution in [0.1, 0.15) is 229 Å². The van der Waals surface area contributed by atoms with Crippen molar-refractivity contribution in [1.29, 1.82) is 0 Å². The first-order valence-corrected chi connectivity index (χ1v) is 31.3. The van der Waals surface area contributed by atoms with Crippen molar-refractivity contribution in [2.24, 2.45) is 82.9 Å². The molecule has 0 aromatic heterocycles. The molecule has 0 radical (unpaired) electrons. The van der Waals surface area contributed by atoms with Crippen LogP contribution in [0.25, 0.3) is 0 Å². The van der Waals surface area contributed by atoms with Crippen LogP contribution in [0, 0.1) is 82.9 Å². The zero-order valence-electron chi connectivity index (χ0n) is 42.5. The van der Waals surface area contributed by atoms with Gasteiger partial charge in [-0.25, -0.2) is 0 Å². The summed E-state index contributed by atoms with van der Waals surface area (Å²) >= 11 is 6.95. The Morgan fingerprint density at radius 1 is 0.302 bits per heavy atom. The molecule has 0 aromatic carbocycles. The molecule has 2 saturated heterocycles. The highest BCUT2D eigenvalue weighted by Crippen LogP contribution is 2.42. The van der Waals surface area contributed by atoms with Gasteiger partial charge in [-0.1, -0.05) is 177 Å². The van der Waals surface area contributed by atoms with Gasteiger partial charge in [-0.15, -0.1) is 67.1 Å². The van der Waals surface area contributed by atoms with Gasteiger partial charge in [0.2, 0.25) is 0 Å². The molecule has 8 heteroatoms. The summed E-state index contributed by atoms with van der Waals surface area (Å²) < 4.78 is 23.2. The monoisotopic (exact) mass is 1220 g/mol. The lowest BCUT2D eigenvalue weighted by molar-refractivity contribution is -0.205. The van der Waals surface area contributed by atoms with E-state index >= 15 is 0 Å². The first kappa shape index (κ1) is 57.7. The normalized spacial score (nSPS) is 41.0. The summed E-state index contributed by atoms with van der Waals surface area (Å²) in [4.78, 5) is 0. The summed E-state index contributed by atoms with van der Waals surface area (Å²) in [6, 6.07) is 0. The SMILES string of the molecule is CC1CCC(C2CCC(C)CC2)CC1.CC1CCC(CC2CCC(C)CC2)CC1.CC1CCC(CC2COC(C)OC2)CC1.CC1CCC(CC2OCC(C)CO2)CC1.IB(I)I. The van der Waals surface area contributed by atoms with E-state index in [1.807, 2.05) is 6.92 Å². The number of halogens is 3. The standard InChI is InChI=1S/C15H28.C14H26.2C13H24O2.BI3/c1-12-3-7-14(8-4-12)11-15-9-5-13(2)6-10-15;1-11-3-7-13(8-4-11)14-9-5-12(2)6-10-14;1-10-3-5-12(6-4-10)7-13-8-14-11(2)15-9-13;1-10-3-5-12(6-4-10)7-13-14-8-11(2)9-15-13;2-1(3)4/h12-15H,3-11H2,1-2H3;11-14H,3-10H2,1-2H3;2*10-13H,3-9H2,1-2H3;. The van der Waals surface area contributed by atoms with E-state index in [1.165, 1.54) is 135 Å². The Labute approximate surface area is 433 Å². The molecule has 0 bridgehead atoms. The number of hydrogen-bond acceptors (Lipinski definition) is 4. The molecule has 4 nitrogen and oxygen atoms in total. The van der Waals surface area contributed by atoms with Crippen molar-refractivity contribution in [3.63, 3.8) is 0 Å². The van der Waals surface area contributed by atoms with Crippen molar-refractivity contribution >= 4 is 67.4 Å². The summed E-state index contributed by atoms with van der Waals surface area (Å²) in [5.41, 5.74) is 0. The third kappa shape index (κ3) is 25.7. The van der Waals surface area contributed by atoms with Gasteiger partial charge >= 0.3 is 0.282 Å². The molecule has 6 aliphatic carbocycles. The Kier molecular flexibility index (Phi) is 30.1. The van der Waals surface area contributed by atoms with E-state index in [0.29, 0.717) is 11.8 Å². The molecule has 2 heterocycles. The Hall–Kier alpha value is 2.09. The van der Waals surface area contributed by atoms with Gasteiger partial charge in [0.25, 0.3) is 0 Å². The topological polar surface area (TPSA) is 36.9 Å². The van der Waals surface area contributed by atoms with Crippen LogP contribution in [-0.4, -0.2) is 39.3 Å². The van der Waals surface area contributed by atoms with Crippen molar-refractivity contribution in [3.8, 4) is 0 Å². The lowest BCUT2D eigenvalue weighted by Gasteiger charge is -2.36. The highest BCUT2D eigenvalue weighted by atomic mass is 127. The first-order valence-electron chi connectivity index (χ1n) is 27.6. The predicted molar refractivity (Wildman–Crippen MR) is 298 cm³/mol. The van der Waals surface area contributed by atoms with Crippen molar-refractivity contribution in [2.75, 3.05) is 26.4 Å². The second-order valence-corrected chi connectivity index (χ2v) is 34.7. The first-order chi connectivity index (χ1) is 30.2. The third-order valence-electron chi connectivity index (χ3n) is 17.5. The summed E-state index contributed by atoms with van der Waals surface area (Å²) in [5.74, 6) is 13.4. The lowest BCUT2D eigenvalue weighted by atomic mass is 9.70. The molecule has 0 spiro atoms. The molecular weight excluding hydrogens is 1120 g/mol. The maximum atomic E-state index is 5.70. The minimum atomic E-state index is 0.0210. The predicted octanol–water partition coefficient (Wildman–Crippen LogP) is 18.4. The zero-order valence-corrected chi connectivity index (χ0v) is 49.0. The van der Waals surface area contributed by atoms with Gasteiger partial charge in [0.05, 0.1) is 26.4 Å². The molecule has 0 amide bonds. The van der Waals surface area contributed by atoms with E-state index in [0.717, 1.165) is 104 Å². The molecule has 370 valence electrons. The Morgan fingerprint density at radius 3 is 0.857 bits per heavy atom. The zero-order chi connectivity index (χ0) is 45.6. The van der Waals surface area contributed by atoms with Gasteiger partial charge in [0, 0.05) is 18.3 Å². The van der Waals surface area contributed by atoms with Crippen LogP contribution in [-0.2, 0) is 18.9 Å². The smallest absolute Gasteiger partial charge is 0.353 e. The van der Waals surface area contributed by atoms with Crippen molar-refractivity contribution in [1.82, 2.24) is 0 Å². The molecule has 8 rings (SSSR count). The fraction of sp³-hybridized carbons (Fsp3) is 1.00.